The highest BCUT2D eigenvalue weighted by molar-refractivity contribution is 6.06. The number of fused-ring (bicyclic) bond motifs is 3. The van der Waals surface area contributed by atoms with Gasteiger partial charge in [-0.05, 0) is 29.8 Å². The second-order valence-corrected chi connectivity index (χ2v) is 5.32. The average Bonchev–Trinajstić information content (AvgIpc) is 2.98. The number of nitriles is 1. The molecule has 0 aliphatic rings. The number of benzene rings is 1. The van der Waals surface area contributed by atoms with Gasteiger partial charge in [0.05, 0.1) is 18.8 Å². The Bertz CT molecular complexity index is 1130. The fourth-order valence-electron chi connectivity index (χ4n) is 2.74. The summed E-state index contributed by atoms with van der Waals surface area (Å²) in [5, 5.41) is 10.7. The van der Waals surface area contributed by atoms with Crippen LogP contribution in [0.15, 0.2) is 42.7 Å². The number of nitrogens with one attached hydrogen (secondary N) is 1. The minimum absolute atomic E-state index is 0.199. The van der Waals surface area contributed by atoms with E-state index < -0.39 is 5.82 Å². The molecule has 0 radical (unpaired) electrons. The number of H-pyrrole nitrogens is 1. The number of hydrogen-bond donors (Lipinski definition) is 1. The summed E-state index contributed by atoms with van der Waals surface area (Å²) < 4.78 is 18.9. The highest BCUT2D eigenvalue weighted by Crippen LogP contribution is 2.30. The van der Waals surface area contributed by atoms with E-state index in [4.69, 9.17) is 10.00 Å². The molecule has 0 saturated heterocycles. The zero-order valence-electron chi connectivity index (χ0n) is 12.7. The summed E-state index contributed by atoms with van der Waals surface area (Å²) >= 11 is 0. The molecule has 1 N–H and O–H groups in total. The minimum Gasteiger partial charge on any atom is -0.494 e. The van der Waals surface area contributed by atoms with E-state index in [0.29, 0.717) is 16.9 Å². The van der Waals surface area contributed by atoms with Crippen molar-refractivity contribution in [2.75, 3.05) is 7.11 Å². The molecule has 1 aromatic carbocycles. The normalized spacial score (nSPS) is 10.9. The second kappa shape index (κ2) is 5.32. The van der Waals surface area contributed by atoms with Crippen molar-refractivity contribution in [2.45, 2.75) is 0 Å². The molecule has 0 saturated carbocycles. The number of methoxy groups -OCH3 is 1. The molecule has 0 aliphatic carbocycles. The molecular formula is C18H11FN4O. The quantitative estimate of drug-likeness (QED) is 0.610. The lowest BCUT2D eigenvalue weighted by atomic mass is 10.1. The van der Waals surface area contributed by atoms with Gasteiger partial charge in [0.15, 0.2) is 11.6 Å². The zero-order chi connectivity index (χ0) is 16.7. The second-order valence-electron chi connectivity index (χ2n) is 5.32. The standard InChI is InChI=1S/C18H11FN4O/c1-24-17-3-2-10(5-15(17)19)11-4-14-13-6-12(7-20)21-9-16(13)23-18(14)22-8-11/h2-6,8-9H,1H3,(H,22,23). The Morgan fingerprint density at radius 1 is 1.08 bits per heavy atom. The van der Waals surface area contributed by atoms with Gasteiger partial charge in [-0.3, -0.25) is 0 Å². The fourth-order valence-corrected chi connectivity index (χ4v) is 2.74. The van der Waals surface area contributed by atoms with E-state index in [-0.39, 0.29) is 5.75 Å². The van der Waals surface area contributed by atoms with Crippen molar-refractivity contribution in [3.8, 4) is 22.9 Å². The van der Waals surface area contributed by atoms with Gasteiger partial charge < -0.3 is 9.72 Å². The van der Waals surface area contributed by atoms with Crippen LogP contribution in [0.2, 0.25) is 0 Å². The van der Waals surface area contributed by atoms with Crippen molar-refractivity contribution in [1.82, 2.24) is 15.0 Å². The molecule has 0 fully saturated rings. The molecule has 0 aliphatic heterocycles. The van der Waals surface area contributed by atoms with Crippen molar-refractivity contribution in [2.24, 2.45) is 0 Å². The Kier molecular flexibility index (Phi) is 3.14. The molecule has 0 atom stereocenters. The molecule has 0 spiro atoms. The molecule has 0 unspecified atom stereocenters. The number of pyridine rings is 2. The van der Waals surface area contributed by atoms with E-state index in [9.17, 15) is 4.39 Å². The molecular weight excluding hydrogens is 307 g/mol. The first kappa shape index (κ1) is 14.2. The molecule has 5 nitrogen and oxygen atoms in total. The molecule has 3 aromatic heterocycles. The number of aromatic nitrogens is 3. The fraction of sp³-hybridized carbons (Fsp3) is 0.0556. The minimum atomic E-state index is -0.426. The summed E-state index contributed by atoms with van der Waals surface area (Å²) in [6.07, 6.45) is 3.29. The van der Waals surface area contributed by atoms with Crippen molar-refractivity contribution in [3.05, 3.63) is 54.2 Å². The Morgan fingerprint density at radius 2 is 1.96 bits per heavy atom. The molecule has 116 valence electrons. The first-order valence-electron chi connectivity index (χ1n) is 7.21. The monoisotopic (exact) mass is 318 g/mol. The van der Waals surface area contributed by atoms with Gasteiger partial charge in [-0.2, -0.15) is 5.26 Å². The van der Waals surface area contributed by atoms with Crippen molar-refractivity contribution in [3.63, 3.8) is 0 Å². The van der Waals surface area contributed by atoms with Gasteiger partial charge in [-0.25, -0.2) is 14.4 Å². The maximum atomic E-state index is 13.9. The van der Waals surface area contributed by atoms with E-state index >= 15 is 0 Å². The first-order valence-corrected chi connectivity index (χ1v) is 7.21. The maximum absolute atomic E-state index is 13.9. The Balaban J connectivity index is 1.92. The maximum Gasteiger partial charge on any atom is 0.165 e. The van der Waals surface area contributed by atoms with Crippen LogP contribution in [0.3, 0.4) is 0 Å². The summed E-state index contributed by atoms with van der Waals surface area (Å²) in [5.41, 5.74) is 3.31. The number of halogens is 1. The van der Waals surface area contributed by atoms with Crippen LogP contribution in [-0.4, -0.2) is 22.1 Å². The third-order valence-electron chi connectivity index (χ3n) is 3.93. The summed E-state index contributed by atoms with van der Waals surface area (Å²) in [5.74, 6) is -0.227. The van der Waals surface area contributed by atoms with Gasteiger partial charge in [-0.15, -0.1) is 0 Å². The molecule has 24 heavy (non-hydrogen) atoms. The number of hydrogen-bond acceptors (Lipinski definition) is 4. The molecule has 4 aromatic rings. The van der Waals surface area contributed by atoms with Crippen LogP contribution in [0.4, 0.5) is 4.39 Å². The van der Waals surface area contributed by atoms with Crippen LogP contribution in [0.1, 0.15) is 5.69 Å². The van der Waals surface area contributed by atoms with Crippen molar-refractivity contribution >= 4 is 21.9 Å². The highest BCUT2D eigenvalue weighted by atomic mass is 19.1. The summed E-state index contributed by atoms with van der Waals surface area (Å²) in [6, 6.07) is 10.4. The highest BCUT2D eigenvalue weighted by Gasteiger charge is 2.10. The average molecular weight is 318 g/mol. The Morgan fingerprint density at radius 3 is 2.71 bits per heavy atom. The zero-order valence-corrected chi connectivity index (χ0v) is 12.7. The summed E-state index contributed by atoms with van der Waals surface area (Å²) in [6.45, 7) is 0. The Hall–Kier alpha value is -3.46. The van der Waals surface area contributed by atoms with E-state index in [1.165, 1.54) is 13.2 Å². The number of ether oxygens (including phenoxy) is 1. The third kappa shape index (κ3) is 2.15. The van der Waals surface area contributed by atoms with Crippen LogP contribution in [-0.2, 0) is 0 Å². The molecule has 3 heterocycles. The number of nitrogens with zero attached hydrogens (tertiary/aromatic N) is 3. The van der Waals surface area contributed by atoms with Crippen molar-refractivity contribution in [1.29, 1.82) is 5.26 Å². The van der Waals surface area contributed by atoms with Gasteiger partial charge in [-0.1, -0.05) is 6.07 Å². The molecule has 0 bridgehead atoms. The summed E-state index contributed by atoms with van der Waals surface area (Å²) in [4.78, 5) is 11.6. The molecule has 4 rings (SSSR count). The molecule has 6 heteroatoms. The van der Waals surface area contributed by atoms with Gasteiger partial charge in [0.1, 0.15) is 17.4 Å². The van der Waals surface area contributed by atoms with E-state index in [2.05, 4.69) is 15.0 Å². The van der Waals surface area contributed by atoms with Gasteiger partial charge >= 0.3 is 0 Å². The van der Waals surface area contributed by atoms with Crippen LogP contribution >= 0.6 is 0 Å². The van der Waals surface area contributed by atoms with E-state index in [1.807, 2.05) is 12.1 Å². The van der Waals surface area contributed by atoms with Crippen LogP contribution < -0.4 is 4.74 Å². The van der Waals surface area contributed by atoms with Gasteiger partial charge in [0.25, 0.3) is 0 Å². The van der Waals surface area contributed by atoms with E-state index in [1.54, 1.807) is 30.6 Å². The van der Waals surface area contributed by atoms with Crippen molar-refractivity contribution < 1.29 is 9.13 Å². The first-order chi connectivity index (χ1) is 11.7. The largest absolute Gasteiger partial charge is 0.494 e. The van der Waals surface area contributed by atoms with Crippen LogP contribution in [0.5, 0.6) is 5.75 Å². The topological polar surface area (TPSA) is 74.6 Å². The van der Waals surface area contributed by atoms with Crippen LogP contribution in [0.25, 0.3) is 33.1 Å². The molecule has 0 amide bonds. The number of aromatic amines is 1. The lowest BCUT2D eigenvalue weighted by Gasteiger charge is -2.05. The lowest BCUT2D eigenvalue weighted by molar-refractivity contribution is 0.386. The predicted molar refractivity (Wildman–Crippen MR) is 88.1 cm³/mol. The SMILES string of the molecule is COc1ccc(-c2cnc3[nH]c4cnc(C#N)cc4c3c2)cc1F. The predicted octanol–water partition coefficient (Wildman–Crippen LogP) is 3.80. The smallest absolute Gasteiger partial charge is 0.165 e. The summed E-state index contributed by atoms with van der Waals surface area (Å²) in [7, 11) is 1.43. The van der Waals surface area contributed by atoms with Gasteiger partial charge in [0, 0.05) is 22.5 Å². The van der Waals surface area contributed by atoms with Crippen LogP contribution in [0, 0.1) is 17.1 Å². The Labute approximate surface area is 136 Å². The number of rotatable bonds is 2. The lowest BCUT2D eigenvalue weighted by Crippen LogP contribution is -1.89. The van der Waals surface area contributed by atoms with Gasteiger partial charge in [0.2, 0.25) is 0 Å². The third-order valence-corrected chi connectivity index (χ3v) is 3.93. The van der Waals surface area contributed by atoms with E-state index in [0.717, 1.165) is 21.9 Å².